The van der Waals surface area contributed by atoms with Gasteiger partial charge in [0.15, 0.2) is 0 Å². The Balaban J connectivity index is 2.70. The van der Waals surface area contributed by atoms with Gasteiger partial charge in [-0.25, -0.2) is 9.36 Å². The highest BCUT2D eigenvalue weighted by Crippen LogP contribution is 2.12. The summed E-state index contributed by atoms with van der Waals surface area (Å²) in [6.07, 6.45) is 0. The summed E-state index contributed by atoms with van der Waals surface area (Å²) in [6, 6.07) is 8.19. The SMILES string of the molecule is COCc1ccccc1-n1c(=O)cc(Cl)[nH]c1=O. The lowest BCUT2D eigenvalue weighted by Crippen LogP contribution is -2.33. The van der Waals surface area contributed by atoms with Crippen LogP contribution in [0.5, 0.6) is 0 Å². The average molecular weight is 267 g/mol. The number of aromatic amines is 1. The average Bonchev–Trinajstić information content (AvgIpc) is 2.30. The lowest BCUT2D eigenvalue weighted by molar-refractivity contribution is 0.184. The molecule has 1 heterocycles. The highest BCUT2D eigenvalue weighted by atomic mass is 35.5. The number of nitrogens with one attached hydrogen (secondary N) is 1. The van der Waals surface area contributed by atoms with Crippen LogP contribution in [0.3, 0.4) is 0 Å². The zero-order valence-corrected chi connectivity index (χ0v) is 10.4. The Hall–Kier alpha value is -1.85. The zero-order valence-electron chi connectivity index (χ0n) is 9.64. The second-order valence-corrected chi connectivity index (χ2v) is 4.07. The molecule has 0 aliphatic rings. The van der Waals surface area contributed by atoms with Crippen LogP contribution in [0.4, 0.5) is 0 Å². The van der Waals surface area contributed by atoms with E-state index in [1.54, 1.807) is 25.3 Å². The van der Waals surface area contributed by atoms with Crippen LogP contribution in [0, 0.1) is 0 Å². The summed E-state index contributed by atoms with van der Waals surface area (Å²) in [5, 5.41) is 0.0190. The molecule has 0 bridgehead atoms. The Morgan fingerprint density at radius 1 is 1.33 bits per heavy atom. The smallest absolute Gasteiger partial charge is 0.334 e. The molecule has 0 aliphatic heterocycles. The Labute approximate surface area is 108 Å². The van der Waals surface area contributed by atoms with Crippen LogP contribution in [0.2, 0.25) is 5.15 Å². The number of aromatic nitrogens is 2. The number of para-hydroxylation sites is 1. The van der Waals surface area contributed by atoms with Crippen molar-refractivity contribution in [2.45, 2.75) is 6.61 Å². The molecule has 1 aromatic heterocycles. The lowest BCUT2D eigenvalue weighted by atomic mass is 10.2. The second-order valence-electron chi connectivity index (χ2n) is 3.66. The number of methoxy groups -OCH3 is 1. The topological polar surface area (TPSA) is 64.1 Å². The maximum absolute atomic E-state index is 11.8. The van der Waals surface area contributed by atoms with E-state index in [9.17, 15) is 9.59 Å². The summed E-state index contributed by atoms with van der Waals surface area (Å²) in [6.45, 7) is 0.310. The maximum Gasteiger partial charge on any atom is 0.334 e. The van der Waals surface area contributed by atoms with Crippen molar-refractivity contribution < 1.29 is 4.74 Å². The molecule has 0 fully saturated rings. The van der Waals surface area contributed by atoms with Crippen LogP contribution in [0.1, 0.15) is 5.56 Å². The minimum atomic E-state index is -0.573. The van der Waals surface area contributed by atoms with Crippen LogP contribution < -0.4 is 11.2 Å². The van der Waals surface area contributed by atoms with E-state index in [1.165, 1.54) is 0 Å². The minimum absolute atomic E-state index is 0.0190. The van der Waals surface area contributed by atoms with Crippen molar-refractivity contribution in [3.05, 3.63) is 61.9 Å². The van der Waals surface area contributed by atoms with E-state index in [0.29, 0.717) is 12.3 Å². The number of H-pyrrole nitrogens is 1. The molecule has 0 atom stereocenters. The van der Waals surface area contributed by atoms with Gasteiger partial charge in [-0.05, 0) is 6.07 Å². The first kappa shape index (κ1) is 12.6. The molecule has 0 spiro atoms. The van der Waals surface area contributed by atoms with E-state index in [2.05, 4.69) is 4.98 Å². The first-order chi connectivity index (χ1) is 8.63. The van der Waals surface area contributed by atoms with Crippen molar-refractivity contribution in [3.63, 3.8) is 0 Å². The van der Waals surface area contributed by atoms with Crippen molar-refractivity contribution in [2.24, 2.45) is 0 Å². The third-order valence-electron chi connectivity index (χ3n) is 2.43. The van der Waals surface area contributed by atoms with Gasteiger partial charge in [0.05, 0.1) is 12.3 Å². The Bertz CT molecular complexity index is 644. The highest BCUT2D eigenvalue weighted by Gasteiger charge is 2.09. The monoisotopic (exact) mass is 266 g/mol. The van der Waals surface area contributed by atoms with Gasteiger partial charge in [0.1, 0.15) is 5.15 Å². The number of hydrogen-bond donors (Lipinski definition) is 1. The van der Waals surface area contributed by atoms with Crippen molar-refractivity contribution >= 4 is 11.6 Å². The Kier molecular flexibility index (Phi) is 3.64. The predicted molar refractivity (Wildman–Crippen MR) is 68.4 cm³/mol. The maximum atomic E-state index is 11.8. The van der Waals surface area contributed by atoms with Gasteiger partial charge in [-0.1, -0.05) is 29.8 Å². The molecule has 0 radical (unpaired) electrons. The molecular weight excluding hydrogens is 256 g/mol. The fourth-order valence-corrected chi connectivity index (χ4v) is 1.88. The molecule has 94 valence electrons. The van der Waals surface area contributed by atoms with Gasteiger partial charge < -0.3 is 4.74 Å². The molecule has 5 nitrogen and oxygen atoms in total. The summed E-state index contributed by atoms with van der Waals surface area (Å²) in [7, 11) is 1.55. The fourth-order valence-electron chi connectivity index (χ4n) is 1.70. The van der Waals surface area contributed by atoms with Crippen LogP contribution in [-0.2, 0) is 11.3 Å². The molecule has 0 amide bonds. The predicted octanol–water partition coefficient (Wildman–Crippen LogP) is 1.33. The summed E-state index contributed by atoms with van der Waals surface area (Å²) >= 11 is 5.62. The van der Waals surface area contributed by atoms with E-state index >= 15 is 0 Å². The molecule has 6 heteroatoms. The van der Waals surface area contributed by atoms with Crippen molar-refractivity contribution in [1.29, 1.82) is 0 Å². The van der Waals surface area contributed by atoms with Gasteiger partial charge in [-0.2, -0.15) is 0 Å². The first-order valence-corrected chi connectivity index (χ1v) is 5.60. The number of rotatable bonds is 3. The quantitative estimate of drug-likeness (QED) is 0.853. The number of benzene rings is 1. The van der Waals surface area contributed by atoms with Crippen molar-refractivity contribution in [2.75, 3.05) is 7.11 Å². The largest absolute Gasteiger partial charge is 0.380 e. The van der Waals surface area contributed by atoms with E-state index in [1.807, 2.05) is 6.07 Å². The second kappa shape index (κ2) is 5.20. The fraction of sp³-hybridized carbons (Fsp3) is 0.167. The van der Waals surface area contributed by atoms with E-state index in [0.717, 1.165) is 16.2 Å². The summed E-state index contributed by atoms with van der Waals surface area (Å²) in [4.78, 5) is 26.0. The van der Waals surface area contributed by atoms with Gasteiger partial charge in [0.2, 0.25) is 0 Å². The van der Waals surface area contributed by atoms with Crippen LogP contribution in [-0.4, -0.2) is 16.7 Å². The molecule has 0 saturated heterocycles. The van der Waals surface area contributed by atoms with Crippen LogP contribution >= 0.6 is 11.6 Å². The molecule has 0 unspecified atom stereocenters. The zero-order chi connectivity index (χ0) is 13.1. The molecule has 1 N–H and O–H groups in total. The van der Waals surface area contributed by atoms with E-state index < -0.39 is 11.2 Å². The summed E-state index contributed by atoms with van der Waals surface area (Å²) in [5.74, 6) is 0. The molecule has 2 aromatic rings. The van der Waals surface area contributed by atoms with Gasteiger partial charge >= 0.3 is 5.69 Å². The Morgan fingerprint density at radius 2 is 2.06 bits per heavy atom. The molecule has 0 saturated carbocycles. The van der Waals surface area contributed by atoms with Crippen molar-refractivity contribution in [1.82, 2.24) is 9.55 Å². The van der Waals surface area contributed by atoms with E-state index in [-0.39, 0.29) is 5.15 Å². The normalized spacial score (nSPS) is 10.6. The number of ether oxygens (including phenoxy) is 1. The third-order valence-corrected chi connectivity index (χ3v) is 2.64. The molecule has 2 rings (SSSR count). The van der Waals surface area contributed by atoms with Crippen LogP contribution in [0.15, 0.2) is 39.9 Å². The van der Waals surface area contributed by atoms with Gasteiger partial charge in [0, 0.05) is 18.7 Å². The van der Waals surface area contributed by atoms with Gasteiger partial charge in [-0.3, -0.25) is 9.78 Å². The standard InChI is InChI=1S/C12H11ClN2O3/c1-18-7-8-4-2-3-5-9(8)15-11(16)6-10(13)14-12(15)17/h2-6H,7H2,1H3,(H,14,17). The number of halogens is 1. The number of nitrogens with zero attached hydrogens (tertiary/aromatic N) is 1. The number of hydrogen-bond acceptors (Lipinski definition) is 3. The lowest BCUT2D eigenvalue weighted by Gasteiger charge is -2.09. The van der Waals surface area contributed by atoms with E-state index in [4.69, 9.17) is 16.3 Å². The summed E-state index contributed by atoms with van der Waals surface area (Å²) in [5.41, 5.74) is 0.181. The summed E-state index contributed by atoms with van der Waals surface area (Å²) < 4.78 is 6.07. The van der Waals surface area contributed by atoms with Gasteiger partial charge in [0.25, 0.3) is 5.56 Å². The first-order valence-electron chi connectivity index (χ1n) is 5.22. The minimum Gasteiger partial charge on any atom is -0.380 e. The molecule has 0 aliphatic carbocycles. The van der Waals surface area contributed by atoms with Crippen LogP contribution in [0.25, 0.3) is 5.69 Å². The molecular formula is C12H11ClN2O3. The van der Waals surface area contributed by atoms with Gasteiger partial charge in [-0.15, -0.1) is 0 Å². The third kappa shape index (κ3) is 2.37. The molecule has 18 heavy (non-hydrogen) atoms. The highest BCUT2D eigenvalue weighted by molar-refractivity contribution is 6.29. The van der Waals surface area contributed by atoms with Crippen molar-refractivity contribution in [3.8, 4) is 5.69 Å². The Morgan fingerprint density at radius 3 is 2.72 bits per heavy atom. The molecule has 1 aromatic carbocycles.